The van der Waals surface area contributed by atoms with Gasteiger partial charge in [0, 0.05) is 44.4 Å². The molecule has 1 aromatic heterocycles. The van der Waals surface area contributed by atoms with E-state index in [4.69, 9.17) is 14.2 Å². The number of hydrogen-bond acceptors (Lipinski definition) is 8. The molecule has 182 valence electrons. The summed E-state index contributed by atoms with van der Waals surface area (Å²) >= 11 is 0. The Bertz CT molecular complexity index is 914. The van der Waals surface area contributed by atoms with Gasteiger partial charge < -0.3 is 24.4 Å². The van der Waals surface area contributed by atoms with Gasteiger partial charge >= 0.3 is 5.69 Å². The smallest absolute Gasteiger partial charge is 0.311 e. The fraction of sp³-hybridized carbons (Fsp3) is 0.542. The zero-order valence-corrected chi connectivity index (χ0v) is 20.5. The van der Waals surface area contributed by atoms with E-state index in [9.17, 15) is 10.1 Å². The first-order chi connectivity index (χ1) is 15.9. The van der Waals surface area contributed by atoms with Crippen molar-refractivity contribution in [2.75, 3.05) is 51.2 Å². The monoisotopic (exact) mass is 460 g/mol. The first kappa shape index (κ1) is 26.2. The van der Waals surface area contributed by atoms with Crippen LogP contribution in [0, 0.1) is 15.5 Å². The lowest BCUT2D eigenvalue weighted by atomic mass is 9.81. The maximum Gasteiger partial charge on any atom is 0.311 e. The normalized spacial score (nSPS) is 14.7. The van der Waals surface area contributed by atoms with Crippen molar-refractivity contribution < 1.29 is 19.1 Å². The van der Waals surface area contributed by atoms with Crippen LogP contribution in [-0.2, 0) is 11.3 Å². The van der Waals surface area contributed by atoms with Gasteiger partial charge in [0.05, 0.1) is 25.7 Å². The quantitative estimate of drug-likeness (QED) is 0.417. The molecule has 1 aliphatic heterocycles. The van der Waals surface area contributed by atoms with Crippen LogP contribution in [0.2, 0.25) is 0 Å². The van der Waals surface area contributed by atoms with Crippen LogP contribution in [0.3, 0.4) is 0 Å². The Morgan fingerprint density at radius 3 is 2.39 bits per heavy atom. The maximum atomic E-state index is 11.6. The van der Waals surface area contributed by atoms with Crippen molar-refractivity contribution in [1.29, 1.82) is 0 Å². The summed E-state index contributed by atoms with van der Waals surface area (Å²) in [4.78, 5) is 17.8. The molecule has 0 atom stereocenters. The summed E-state index contributed by atoms with van der Waals surface area (Å²) in [5.74, 6) is 2.38. The number of aromatic nitrogens is 1. The highest BCUT2D eigenvalue weighted by Crippen LogP contribution is 2.36. The fourth-order valence-corrected chi connectivity index (χ4v) is 3.85. The second-order valence-corrected chi connectivity index (χ2v) is 8.06. The average Bonchev–Trinajstić information content (AvgIpc) is 2.84. The first-order valence-electron chi connectivity index (χ1n) is 11.2. The average molecular weight is 461 g/mol. The van der Waals surface area contributed by atoms with Crippen LogP contribution < -0.4 is 19.7 Å². The fourth-order valence-electron chi connectivity index (χ4n) is 3.85. The highest BCUT2D eigenvalue weighted by Gasteiger charge is 2.33. The minimum absolute atomic E-state index is 0.0166. The summed E-state index contributed by atoms with van der Waals surface area (Å²) in [7, 11) is 4.92. The summed E-state index contributed by atoms with van der Waals surface area (Å²) in [5.41, 5.74) is 1.03. The molecule has 1 aromatic carbocycles. The molecule has 3 rings (SSSR count). The second kappa shape index (κ2) is 12.2. The van der Waals surface area contributed by atoms with E-state index >= 15 is 0 Å². The molecule has 1 fully saturated rings. The SMILES string of the molecule is CC.COCC1(C)CCN(c2nc(NCc3ccc(OC)cc3OC)ccc2[N+](=O)[O-])CC1. The van der Waals surface area contributed by atoms with Crippen LogP contribution in [0.15, 0.2) is 30.3 Å². The predicted molar refractivity (Wildman–Crippen MR) is 131 cm³/mol. The Kier molecular flexibility index (Phi) is 9.72. The van der Waals surface area contributed by atoms with Crippen LogP contribution in [0.5, 0.6) is 11.5 Å². The second-order valence-electron chi connectivity index (χ2n) is 8.06. The standard InChI is InChI=1S/C22H30N4O5.C2H6/c1-22(15-29-2)9-11-25(12-10-22)21-18(26(27)28)7-8-20(24-21)23-14-16-5-6-17(30-3)13-19(16)31-4;1-2/h5-8,13H,9-12,14-15H2,1-4H3,(H,23,24);1-2H3. The molecule has 2 heterocycles. The number of piperidine rings is 1. The molecule has 2 aromatic rings. The van der Waals surface area contributed by atoms with Gasteiger partial charge in [-0.3, -0.25) is 10.1 Å². The molecule has 1 aliphatic rings. The van der Waals surface area contributed by atoms with Crippen LogP contribution >= 0.6 is 0 Å². The van der Waals surface area contributed by atoms with Gasteiger partial charge in [0.15, 0.2) is 0 Å². The molecule has 0 saturated carbocycles. The van der Waals surface area contributed by atoms with E-state index in [-0.39, 0.29) is 16.0 Å². The van der Waals surface area contributed by atoms with Gasteiger partial charge in [-0.25, -0.2) is 4.98 Å². The Hall–Kier alpha value is -3.07. The van der Waals surface area contributed by atoms with Crippen LogP contribution in [0.1, 0.15) is 39.2 Å². The number of anilines is 2. The molecule has 0 unspecified atom stereocenters. The van der Waals surface area contributed by atoms with E-state index in [0.29, 0.717) is 49.4 Å². The summed E-state index contributed by atoms with van der Waals surface area (Å²) < 4.78 is 16.0. The van der Waals surface area contributed by atoms with Crippen molar-refractivity contribution in [2.45, 2.75) is 40.2 Å². The van der Waals surface area contributed by atoms with E-state index in [1.54, 1.807) is 27.4 Å². The Morgan fingerprint density at radius 1 is 1.12 bits per heavy atom. The van der Waals surface area contributed by atoms with Gasteiger partial charge in [-0.15, -0.1) is 0 Å². The highest BCUT2D eigenvalue weighted by atomic mass is 16.6. The van der Waals surface area contributed by atoms with Crippen LogP contribution in [-0.4, -0.2) is 50.9 Å². The van der Waals surface area contributed by atoms with Gasteiger partial charge in [0.1, 0.15) is 17.3 Å². The number of benzene rings is 1. The summed E-state index contributed by atoms with van der Waals surface area (Å²) in [6.45, 7) is 8.73. The van der Waals surface area contributed by atoms with Crippen molar-refractivity contribution >= 4 is 17.3 Å². The third kappa shape index (κ3) is 6.71. The zero-order chi connectivity index (χ0) is 24.4. The third-order valence-electron chi connectivity index (χ3n) is 5.77. The molecule has 33 heavy (non-hydrogen) atoms. The van der Waals surface area contributed by atoms with Gasteiger partial charge in [0.25, 0.3) is 0 Å². The molecule has 9 nitrogen and oxygen atoms in total. The van der Waals surface area contributed by atoms with Gasteiger partial charge in [-0.1, -0.05) is 20.8 Å². The molecule has 1 N–H and O–H groups in total. The first-order valence-corrected chi connectivity index (χ1v) is 11.2. The number of rotatable bonds is 9. The molecule has 0 spiro atoms. The highest BCUT2D eigenvalue weighted by molar-refractivity contribution is 5.62. The third-order valence-corrected chi connectivity index (χ3v) is 5.77. The van der Waals surface area contributed by atoms with Gasteiger partial charge in [-0.2, -0.15) is 0 Å². The Morgan fingerprint density at radius 2 is 1.82 bits per heavy atom. The number of methoxy groups -OCH3 is 3. The summed E-state index contributed by atoms with van der Waals surface area (Å²) in [5, 5.41) is 14.9. The van der Waals surface area contributed by atoms with Crippen LogP contribution in [0.25, 0.3) is 0 Å². The number of nitrogens with one attached hydrogen (secondary N) is 1. The molecule has 1 saturated heterocycles. The molecule has 9 heteroatoms. The number of hydrogen-bond donors (Lipinski definition) is 1. The number of ether oxygens (including phenoxy) is 3. The largest absolute Gasteiger partial charge is 0.497 e. The van der Waals surface area contributed by atoms with Crippen molar-refractivity contribution in [1.82, 2.24) is 4.98 Å². The van der Waals surface area contributed by atoms with Crippen molar-refractivity contribution in [3.63, 3.8) is 0 Å². The van der Waals surface area contributed by atoms with Gasteiger partial charge in [-0.05, 0) is 36.5 Å². The van der Waals surface area contributed by atoms with Crippen molar-refractivity contribution in [3.8, 4) is 11.5 Å². The zero-order valence-electron chi connectivity index (χ0n) is 20.5. The molecular formula is C24H36N4O5. The molecule has 0 bridgehead atoms. The summed E-state index contributed by atoms with van der Waals surface area (Å²) in [6, 6.07) is 8.74. The minimum Gasteiger partial charge on any atom is -0.497 e. The summed E-state index contributed by atoms with van der Waals surface area (Å²) in [6.07, 6.45) is 1.78. The van der Waals surface area contributed by atoms with E-state index in [1.807, 2.05) is 36.9 Å². The van der Waals surface area contributed by atoms with Crippen LogP contribution in [0.4, 0.5) is 17.3 Å². The van der Waals surface area contributed by atoms with Gasteiger partial charge in [0.2, 0.25) is 5.82 Å². The lowest BCUT2D eigenvalue weighted by molar-refractivity contribution is -0.384. The lowest BCUT2D eigenvalue weighted by Crippen LogP contribution is -2.41. The predicted octanol–water partition coefficient (Wildman–Crippen LogP) is 4.90. The number of nitrogens with zero attached hydrogens (tertiary/aromatic N) is 3. The molecule has 0 aliphatic carbocycles. The maximum absolute atomic E-state index is 11.6. The lowest BCUT2D eigenvalue weighted by Gasteiger charge is -2.39. The number of nitro groups is 1. The van der Waals surface area contributed by atoms with E-state index in [2.05, 4.69) is 17.2 Å². The molecule has 0 amide bonds. The molecule has 0 radical (unpaired) electrons. The number of pyridine rings is 1. The van der Waals surface area contributed by atoms with E-state index in [1.165, 1.54) is 6.07 Å². The van der Waals surface area contributed by atoms with Crippen molar-refractivity contribution in [2.24, 2.45) is 5.41 Å². The van der Waals surface area contributed by atoms with E-state index < -0.39 is 0 Å². The van der Waals surface area contributed by atoms with Crippen molar-refractivity contribution in [3.05, 3.63) is 46.0 Å². The minimum atomic E-state index is -0.373. The molecular weight excluding hydrogens is 424 g/mol. The van der Waals surface area contributed by atoms with E-state index in [0.717, 1.165) is 18.4 Å². The Balaban J connectivity index is 0.00000187. The Labute approximate surface area is 196 Å². The topological polar surface area (TPSA) is 99.0 Å².